The summed E-state index contributed by atoms with van der Waals surface area (Å²) in [6, 6.07) is 6.95. The number of hydrogen-bond acceptors (Lipinski definition) is 0. The van der Waals surface area contributed by atoms with Crippen molar-refractivity contribution in [2.75, 3.05) is 0 Å². The number of rotatable bonds is 6. The van der Waals surface area contributed by atoms with Crippen molar-refractivity contribution in [1.82, 2.24) is 0 Å². The van der Waals surface area contributed by atoms with Gasteiger partial charge in [-0.05, 0) is 80.4 Å². The van der Waals surface area contributed by atoms with E-state index in [0.29, 0.717) is 0 Å². The average Bonchev–Trinajstić information content (AvgIpc) is 2.63. The fourth-order valence-electron chi connectivity index (χ4n) is 5.33. The molecular formula is C25H38. The topological polar surface area (TPSA) is 0 Å². The fraction of sp³-hybridized carbons (Fsp3) is 0.680. The zero-order valence-corrected chi connectivity index (χ0v) is 16.8. The molecule has 2 aliphatic rings. The Morgan fingerprint density at radius 3 is 2.36 bits per heavy atom. The highest BCUT2D eigenvalue weighted by molar-refractivity contribution is 5.69. The van der Waals surface area contributed by atoms with Crippen LogP contribution in [0.3, 0.4) is 0 Å². The summed E-state index contributed by atoms with van der Waals surface area (Å²) in [4.78, 5) is 0. The third-order valence-corrected chi connectivity index (χ3v) is 6.95. The van der Waals surface area contributed by atoms with E-state index in [9.17, 15) is 0 Å². The molecule has 1 fully saturated rings. The molecule has 3 rings (SSSR count). The van der Waals surface area contributed by atoms with Crippen molar-refractivity contribution in [3.63, 3.8) is 0 Å². The van der Waals surface area contributed by atoms with Crippen molar-refractivity contribution < 1.29 is 0 Å². The lowest BCUT2D eigenvalue weighted by Crippen LogP contribution is -2.23. The van der Waals surface area contributed by atoms with Crippen LogP contribution in [0.15, 0.2) is 24.3 Å². The Balaban J connectivity index is 1.50. The van der Waals surface area contributed by atoms with Crippen molar-refractivity contribution in [2.45, 2.75) is 91.4 Å². The maximum Gasteiger partial charge on any atom is -0.0198 e. The van der Waals surface area contributed by atoms with Gasteiger partial charge in [0.2, 0.25) is 0 Å². The monoisotopic (exact) mass is 338 g/mol. The first-order valence-electron chi connectivity index (χ1n) is 10.9. The van der Waals surface area contributed by atoms with Gasteiger partial charge in [0.05, 0.1) is 0 Å². The third-order valence-electron chi connectivity index (χ3n) is 6.95. The first-order chi connectivity index (χ1) is 12.2. The standard InChI is InChI=1S/C25H38/c1-4-5-6-7-21-9-11-22(12-10-21)23-13-15-24(16-14-23)25-17-8-19(2)18-20(25)3/h8,15,17-18,21-23H,4-7,9-14,16H2,1-3H3. The van der Waals surface area contributed by atoms with Gasteiger partial charge in [-0.3, -0.25) is 0 Å². The van der Waals surface area contributed by atoms with Crippen molar-refractivity contribution in [3.05, 3.63) is 41.0 Å². The van der Waals surface area contributed by atoms with E-state index >= 15 is 0 Å². The first-order valence-corrected chi connectivity index (χ1v) is 10.9. The molecule has 0 heteroatoms. The molecule has 2 aliphatic carbocycles. The molecule has 0 amide bonds. The number of allylic oxidation sites excluding steroid dienone is 2. The minimum atomic E-state index is 0.964. The van der Waals surface area contributed by atoms with E-state index in [0.717, 1.165) is 17.8 Å². The van der Waals surface area contributed by atoms with Crippen LogP contribution < -0.4 is 0 Å². The minimum absolute atomic E-state index is 0.964. The molecule has 0 aliphatic heterocycles. The summed E-state index contributed by atoms with van der Waals surface area (Å²) in [7, 11) is 0. The van der Waals surface area contributed by atoms with E-state index in [4.69, 9.17) is 0 Å². The Labute approximate surface area is 156 Å². The molecule has 1 unspecified atom stereocenters. The molecular weight excluding hydrogens is 300 g/mol. The van der Waals surface area contributed by atoms with Gasteiger partial charge in [-0.1, -0.05) is 75.3 Å². The van der Waals surface area contributed by atoms with Gasteiger partial charge in [-0.2, -0.15) is 0 Å². The second-order valence-electron chi connectivity index (χ2n) is 8.86. The first kappa shape index (κ1) is 18.7. The molecule has 0 bridgehead atoms. The number of benzene rings is 1. The maximum atomic E-state index is 2.58. The van der Waals surface area contributed by atoms with Gasteiger partial charge < -0.3 is 0 Å². The lowest BCUT2D eigenvalue weighted by Gasteiger charge is -2.35. The lowest BCUT2D eigenvalue weighted by molar-refractivity contribution is 0.187. The van der Waals surface area contributed by atoms with Crippen LogP contribution in [0.1, 0.15) is 94.2 Å². The Kier molecular flexibility index (Phi) is 6.79. The summed E-state index contributed by atoms with van der Waals surface area (Å²) in [5, 5.41) is 0. The number of unbranched alkanes of at least 4 members (excludes halogenated alkanes) is 2. The summed E-state index contributed by atoms with van der Waals surface area (Å²) >= 11 is 0. The van der Waals surface area contributed by atoms with Crippen LogP contribution in [0.4, 0.5) is 0 Å². The van der Waals surface area contributed by atoms with E-state index in [1.165, 1.54) is 87.3 Å². The molecule has 25 heavy (non-hydrogen) atoms. The molecule has 1 aromatic carbocycles. The summed E-state index contributed by atoms with van der Waals surface area (Å²) < 4.78 is 0. The quantitative estimate of drug-likeness (QED) is 0.463. The lowest BCUT2D eigenvalue weighted by atomic mass is 9.70. The van der Waals surface area contributed by atoms with Gasteiger partial charge in [0.25, 0.3) is 0 Å². The van der Waals surface area contributed by atoms with Crippen LogP contribution in [-0.2, 0) is 0 Å². The molecule has 0 aromatic heterocycles. The predicted molar refractivity (Wildman–Crippen MR) is 111 cm³/mol. The van der Waals surface area contributed by atoms with Gasteiger partial charge >= 0.3 is 0 Å². The van der Waals surface area contributed by atoms with E-state index in [1.54, 1.807) is 5.57 Å². The summed E-state index contributed by atoms with van der Waals surface area (Å²) in [5.74, 6) is 3.03. The van der Waals surface area contributed by atoms with Crippen LogP contribution in [0.2, 0.25) is 0 Å². The van der Waals surface area contributed by atoms with Crippen molar-refractivity contribution >= 4 is 5.57 Å². The third kappa shape index (κ3) is 4.99. The molecule has 0 nitrogen and oxygen atoms in total. The normalized spacial score (nSPS) is 27.2. The van der Waals surface area contributed by atoms with E-state index in [1.807, 2.05) is 0 Å². The highest BCUT2D eigenvalue weighted by atomic mass is 14.3. The van der Waals surface area contributed by atoms with Crippen LogP contribution in [0.25, 0.3) is 5.57 Å². The van der Waals surface area contributed by atoms with Crippen molar-refractivity contribution in [1.29, 1.82) is 0 Å². The highest BCUT2D eigenvalue weighted by Crippen LogP contribution is 2.42. The van der Waals surface area contributed by atoms with Crippen LogP contribution in [-0.4, -0.2) is 0 Å². The van der Waals surface area contributed by atoms with E-state index in [2.05, 4.69) is 45.0 Å². The van der Waals surface area contributed by atoms with E-state index in [-0.39, 0.29) is 0 Å². The molecule has 1 aromatic rings. The van der Waals surface area contributed by atoms with Gasteiger partial charge in [-0.15, -0.1) is 0 Å². The largest absolute Gasteiger partial charge is 0.0804 e. The maximum absolute atomic E-state index is 2.58. The van der Waals surface area contributed by atoms with Gasteiger partial charge in [0.15, 0.2) is 0 Å². The van der Waals surface area contributed by atoms with Crippen LogP contribution in [0.5, 0.6) is 0 Å². The van der Waals surface area contributed by atoms with Crippen LogP contribution >= 0.6 is 0 Å². The van der Waals surface area contributed by atoms with Crippen molar-refractivity contribution in [2.24, 2.45) is 17.8 Å². The van der Waals surface area contributed by atoms with Gasteiger partial charge in [0, 0.05) is 0 Å². The highest BCUT2D eigenvalue weighted by Gasteiger charge is 2.28. The SMILES string of the molecule is CCCCCC1CCC(C2CC=C(c3ccc(C)cc3C)CC2)CC1. The molecule has 0 spiro atoms. The smallest absolute Gasteiger partial charge is 0.0198 e. The molecule has 1 atom stereocenters. The van der Waals surface area contributed by atoms with Crippen molar-refractivity contribution in [3.8, 4) is 0 Å². The second kappa shape index (κ2) is 9.06. The molecule has 0 saturated heterocycles. The summed E-state index contributed by atoms with van der Waals surface area (Å²) in [6.45, 7) is 6.79. The Morgan fingerprint density at radius 2 is 1.72 bits per heavy atom. The average molecular weight is 339 g/mol. The summed E-state index contributed by atoms with van der Waals surface area (Å²) in [6.07, 6.45) is 18.4. The van der Waals surface area contributed by atoms with Gasteiger partial charge in [-0.25, -0.2) is 0 Å². The number of aryl methyl sites for hydroxylation is 2. The van der Waals surface area contributed by atoms with Crippen LogP contribution in [0, 0.1) is 31.6 Å². The number of hydrogen-bond donors (Lipinski definition) is 0. The Hall–Kier alpha value is -1.04. The Morgan fingerprint density at radius 1 is 0.920 bits per heavy atom. The molecule has 0 heterocycles. The minimum Gasteiger partial charge on any atom is -0.0804 e. The molecule has 138 valence electrons. The molecule has 1 saturated carbocycles. The fourth-order valence-corrected chi connectivity index (χ4v) is 5.33. The summed E-state index contributed by atoms with van der Waals surface area (Å²) in [5.41, 5.74) is 5.95. The van der Waals surface area contributed by atoms with E-state index < -0.39 is 0 Å². The second-order valence-corrected chi connectivity index (χ2v) is 8.86. The molecule has 0 radical (unpaired) electrons. The zero-order valence-electron chi connectivity index (χ0n) is 16.8. The van der Waals surface area contributed by atoms with Gasteiger partial charge in [0.1, 0.15) is 0 Å². The predicted octanol–water partition coefficient (Wildman–Crippen LogP) is 7.87. The Bertz CT molecular complexity index is 572. The zero-order chi connectivity index (χ0) is 17.6. The molecule has 0 N–H and O–H groups in total.